The molecule has 8 nitrogen and oxygen atoms in total. The number of carbonyl (C=O) groups excluding carboxylic acids is 1. The molecule has 1 unspecified atom stereocenters. The van der Waals surface area contributed by atoms with E-state index in [0.29, 0.717) is 49.5 Å². The lowest BCUT2D eigenvalue weighted by Gasteiger charge is -2.31. The highest BCUT2D eigenvalue weighted by Gasteiger charge is 2.26. The lowest BCUT2D eigenvalue weighted by molar-refractivity contribution is -0.138. The predicted molar refractivity (Wildman–Crippen MR) is 104 cm³/mol. The van der Waals surface area contributed by atoms with Crippen LogP contribution in [0.5, 0.6) is 0 Å². The molecule has 1 aliphatic rings. The Bertz CT molecular complexity index is 822. The number of amides is 1. The van der Waals surface area contributed by atoms with Crippen LogP contribution in [0.2, 0.25) is 0 Å². The Balaban J connectivity index is 1.55. The van der Waals surface area contributed by atoms with Gasteiger partial charge in [-0.3, -0.25) is 14.5 Å². The minimum Gasteiger partial charge on any atom is -0.366 e. The molecule has 3 N–H and O–H groups in total. The van der Waals surface area contributed by atoms with Crippen LogP contribution in [-0.4, -0.2) is 66.2 Å². The van der Waals surface area contributed by atoms with Crippen molar-refractivity contribution in [1.82, 2.24) is 25.5 Å². The second kappa shape index (κ2) is 9.59. The Labute approximate surface area is 158 Å². The van der Waals surface area contributed by atoms with E-state index >= 15 is 0 Å². The number of para-hydroxylation sites is 1. The number of carbonyl (C=O) groups is 1. The van der Waals surface area contributed by atoms with E-state index < -0.39 is 6.10 Å². The first-order valence-corrected chi connectivity index (χ1v) is 9.47. The summed E-state index contributed by atoms with van der Waals surface area (Å²) in [6, 6.07) is 7.27. The monoisotopic (exact) mass is 373 g/mol. The van der Waals surface area contributed by atoms with Crippen LogP contribution in [0.4, 0.5) is 0 Å². The van der Waals surface area contributed by atoms with Gasteiger partial charge in [0.15, 0.2) is 0 Å². The van der Waals surface area contributed by atoms with Crippen molar-refractivity contribution in [2.75, 3.05) is 39.3 Å². The molecular formula is C19H27N5O3. The summed E-state index contributed by atoms with van der Waals surface area (Å²) in [6.07, 6.45) is 0.566. The molecule has 3 rings (SSSR count). The zero-order valence-electron chi connectivity index (χ0n) is 15.7. The highest BCUT2D eigenvalue weighted by atomic mass is 16.5. The fourth-order valence-corrected chi connectivity index (χ4v) is 3.12. The van der Waals surface area contributed by atoms with E-state index in [1.54, 1.807) is 6.07 Å². The molecule has 2 aromatic rings. The summed E-state index contributed by atoms with van der Waals surface area (Å²) in [6.45, 7) is 6.50. The summed E-state index contributed by atoms with van der Waals surface area (Å²) in [5.41, 5.74) is 0.538. The molecule has 1 amide bonds. The zero-order chi connectivity index (χ0) is 19.1. The van der Waals surface area contributed by atoms with Crippen LogP contribution in [0.1, 0.15) is 19.2 Å². The molecule has 0 saturated carbocycles. The number of morpholine rings is 1. The summed E-state index contributed by atoms with van der Waals surface area (Å²) in [4.78, 5) is 33.9. The molecule has 1 aliphatic heterocycles. The number of nitrogens with one attached hydrogen (secondary N) is 3. The molecule has 1 aromatic heterocycles. The molecule has 8 heteroatoms. The summed E-state index contributed by atoms with van der Waals surface area (Å²) in [5.74, 6) is 0.501. The molecule has 0 aliphatic carbocycles. The van der Waals surface area contributed by atoms with Gasteiger partial charge in [-0.05, 0) is 25.1 Å². The van der Waals surface area contributed by atoms with Gasteiger partial charge >= 0.3 is 0 Å². The molecule has 1 fully saturated rings. The van der Waals surface area contributed by atoms with E-state index in [4.69, 9.17) is 4.74 Å². The van der Waals surface area contributed by atoms with Gasteiger partial charge in [0.2, 0.25) is 0 Å². The van der Waals surface area contributed by atoms with Gasteiger partial charge in [0.25, 0.3) is 11.5 Å². The average molecular weight is 373 g/mol. The topological polar surface area (TPSA) is 99.4 Å². The van der Waals surface area contributed by atoms with Crippen molar-refractivity contribution < 1.29 is 9.53 Å². The molecule has 0 bridgehead atoms. The van der Waals surface area contributed by atoms with Crippen molar-refractivity contribution in [1.29, 1.82) is 0 Å². The summed E-state index contributed by atoms with van der Waals surface area (Å²) in [5, 5.41) is 6.73. The van der Waals surface area contributed by atoms with Gasteiger partial charge in [-0.25, -0.2) is 4.98 Å². The lowest BCUT2D eigenvalue weighted by atomic mass is 10.2. The van der Waals surface area contributed by atoms with Crippen LogP contribution < -0.4 is 16.2 Å². The maximum absolute atomic E-state index is 12.3. The first kappa shape index (κ1) is 19.5. The predicted octanol–water partition coefficient (Wildman–Crippen LogP) is 0.240. The Morgan fingerprint density at radius 2 is 2.19 bits per heavy atom. The standard InChI is InChI=1S/C19H27N5O3/c1-2-7-20-8-9-21-19(26)16-12-24(10-11-27-16)13-17-22-15-6-4-3-5-14(15)18(25)23-17/h3-6,16,20H,2,7-13H2,1H3,(H,21,26)(H,22,23,25). The van der Waals surface area contributed by atoms with Gasteiger partial charge in [-0.2, -0.15) is 0 Å². The number of H-pyrrole nitrogens is 1. The minimum absolute atomic E-state index is 0.0991. The maximum Gasteiger partial charge on any atom is 0.258 e. The number of hydrogen-bond donors (Lipinski definition) is 3. The van der Waals surface area contributed by atoms with E-state index in [1.807, 2.05) is 18.2 Å². The van der Waals surface area contributed by atoms with Gasteiger partial charge < -0.3 is 20.4 Å². The fraction of sp³-hybridized carbons (Fsp3) is 0.526. The van der Waals surface area contributed by atoms with Gasteiger partial charge in [0.1, 0.15) is 11.9 Å². The van der Waals surface area contributed by atoms with E-state index in [-0.39, 0.29) is 11.5 Å². The molecule has 2 heterocycles. The lowest BCUT2D eigenvalue weighted by Crippen LogP contribution is -2.50. The molecule has 146 valence electrons. The number of aromatic amines is 1. The van der Waals surface area contributed by atoms with Gasteiger partial charge in [0.05, 0.1) is 24.1 Å². The smallest absolute Gasteiger partial charge is 0.258 e. The van der Waals surface area contributed by atoms with Crippen LogP contribution in [0.3, 0.4) is 0 Å². The molecular weight excluding hydrogens is 346 g/mol. The van der Waals surface area contributed by atoms with E-state index in [2.05, 4.69) is 32.4 Å². The van der Waals surface area contributed by atoms with Gasteiger partial charge in [-0.1, -0.05) is 19.1 Å². The number of aromatic nitrogens is 2. The van der Waals surface area contributed by atoms with Crippen molar-refractivity contribution in [3.05, 3.63) is 40.4 Å². The van der Waals surface area contributed by atoms with Crippen molar-refractivity contribution >= 4 is 16.8 Å². The van der Waals surface area contributed by atoms with Crippen LogP contribution in [0.25, 0.3) is 10.9 Å². The molecule has 1 aromatic carbocycles. The van der Waals surface area contributed by atoms with Crippen LogP contribution >= 0.6 is 0 Å². The van der Waals surface area contributed by atoms with Gasteiger partial charge in [0, 0.05) is 26.2 Å². The highest BCUT2D eigenvalue weighted by molar-refractivity contribution is 5.81. The quantitative estimate of drug-likeness (QED) is 0.574. The summed E-state index contributed by atoms with van der Waals surface area (Å²) < 4.78 is 5.61. The number of hydrogen-bond acceptors (Lipinski definition) is 6. The van der Waals surface area contributed by atoms with Crippen LogP contribution in [-0.2, 0) is 16.1 Å². The highest BCUT2D eigenvalue weighted by Crippen LogP contribution is 2.10. The van der Waals surface area contributed by atoms with Crippen molar-refractivity contribution in [2.24, 2.45) is 0 Å². The number of ether oxygens (including phenoxy) is 1. The Kier molecular flexibility index (Phi) is 6.92. The number of rotatable bonds is 8. The van der Waals surface area contributed by atoms with Crippen molar-refractivity contribution in [3.8, 4) is 0 Å². The first-order chi connectivity index (χ1) is 13.2. The Hall–Kier alpha value is -2.29. The summed E-state index contributed by atoms with van der Waals surface area (Å²) in [7, 11) is 0. The number of benzene rings is 1. The Morgan fingerprint density at radius 3 is 3.04 bits per heavy atom. The molecule has 1 atom stereocenters. The number of fused-ring (bicyclic) bond motifs is 1. The number of nitrogens with zero attached hydrogens (tertiary/aromatic N) is 2. The third-order valence-corrected chi connectivity index (χ3v) is 4.51. The fourth-order valence-electron chi connectivity index (χ4n) is 3.12. The first-order valence-electron chi connectivity index (χ1n) is 9.47. The summed E-state index contributed by atoms with van der Waals surface area (Å²) >= 11 is 0. The SMILES string of the molecule is CCCNCCNC(=O)C1CN(Cc2nc3ccccc3c(=O)[nH]2)CCO1. The second-order valence-corrected chi connectivity index (χ2v) is 6.67. The second-order valence-electron chi connectivity index (χ2n) is 6.67. The molecule has 1 saturated heterocycles. The van der Waals surface area contributed by atoms with Gasteiger partial charge in [-0.15, -0.1) is 0 Å². The minimum atomic E-state index is -0.503. The van der Waals surface area contributed by atoms with E-state index in [9.17, 15) is 9.59 Å². The Morgan fingerprint density at radius 1 is 1.33 bits per heavy atom. The normalized spacial score (nSPS) is 17.9. The third kappa shape index (κ3) is 5.35. The van der Waals surface area contributed by atoms with E-state index in [0.717, 1.165) is 19.5 Å². The van der Waals surface area contributed by atoms with Crippen LogP contribution in [0.15, 0.2) is 29.1 Å². The maximum atomic E-state index is 12.3. The van der Waals surface area contributed by atoms with Crippen molar-refractivity contribution in [2.45, 2.75) is 26.0 Å². The third-order valence-electron chi connectivity index (χ3n) is 4.51. The molecule has 27 heavy (non-hydrogen) atoms. The van der Waals surface area contributed by atoms with Crippen molar-refractivity contribution in [3.63, 3.8) is 0 Å². The zero-order valence-corrected chi connectivity index (χ0v) is 15.7. The molecule has 0 radical (unpaired) electrons. The largest absolute Gasteiger partial charge is 0.366 e. The van der Waals surface area contributed by atoms with E-state index in [1.165, 1.54) is 0 Å². The average Bonchev–Trinajstić information content (AvgIpc) is 2.68. The van der Waals surface area contributed by atoms with Crippen LogP contribution in [0, 0.1) is 0 Å². The molecule has 0 spiro atoms.